The Balaban J connectivity index is 2.07. The summed E-state index contributed by atoms with van der Waals surface area (Å²) in [5.41, 5.74) is 2.38. The molecule has 0 aliphatic heterocycles. The third-order valence-electron chi connectivity index (χ3n) is 2.82. The highest BCUT2D eigenvalue weighted by atomic mass is 35.5. The van der Waals surface area contributed by atoms with Gasteiger partial charge in [-0.25, -0.2) is 0 Å². The summed E-state index contributed by atoms with van der Waals surface area (Å²) < 4.78 is 1.72. The van der Waals surface area contributed by atoms with Gasteiger partial charge >= 0.3 is 0 Å². The molecule has 0 fully saturated rings. The first-order valence-corrected chi connectivity index (χ1v) is 6.60. The van der Waals surface area contributed by atoms with E-state index in [1.807, 2.05) is 20.2 Å². The fourth-order valence-electron chi connectivity index (χ4n) is 1.86. The van der Waals surface area contributed by atoms with E-state index in [4.69, 9.17) is 23.2 Å². The number of aliphatic hydroxyl groups excluding tert-OH is 1. The van der Waals surface area contributed by atoms with Gasteiger partial charge in [0, 0.05) is 35.4 Å². The first-order valence-electron chi connectivity index (χ1n) is 5.84. The minimum atomic E-state index is -0.731. The number of aromatic nitrogens is 2. The molecule has 2 N–H and O–H groups in total. The van der Waals surface area contributed by atoms with E-state index in [9.17, 15) is 5.11 Å². The number of halogens is 2. The maximum atomic E-state index is 10.2. The van der Waals surface area contributed by atoms with Gasteiger partial charge in [-0.15, -0.1) is 0 Å². The van der Waals surface area contributed by atoms with Crippen LogP contribution in [0.5, 0.6) is 0 Å². The number of rotatable bonds is 4. The molecule has 2 rings (SSSR count). The van der Waals surface area contributed by atoms with Gasteiger partial charge in [0.1, 0.15) is 0 Å². The molecule has 102 valence electrons. The van der Waals surface area contributed by atoms with Crippen LogP contribution in [-0.4, -0.2) is 21.4 Å². The van der Waals surface area contributed by atoms with Crippen molar-refractivity contribution < 1.29 is 5.11 Å². The van der Waals surface area contributed by atoms with E-state index in [2.05, 4.69) is 10.4 Å². The molecule has 0 bridgehead atoms. The molecule has 1 heterocycles. The molecule has 0 spiro atoms. The van der Waals surface area contributed by atoms with Crippen LogP contribution in [0.3, 0.4) is 0 Å². The summed E-state index contributed by atoms with van der Waals surface area (Å²) in [4.78, 5) is 0. The van der Waals surface area contributed by atoms with Crippen molar-refractivity contribution >= 4 is 28.9 Å². The Morgan fingerprint density at radius 3 is 2.79 bits per heavy atom. The van der Waals surface area contributed by atoms with Gasteiger partial charge in [-0.05, 0) is 25.1 Å². The SMILES string of the molecule is Cc1nn(C)cc1NCC(O)c1cc(Cl)ccc1Cl. The lowest BCUT2D eigenvalue weighted by Gasteiger charge is -2.14. The summed E-state index contributed by atoms with van der Waals surface area (Å²) in [5, 5.41) is 18.6. The molecule has 1 aromatic carbocycles. The summed E-state index contributed by atoms with van der Waals surface area (Å²) in [6, 6.07) is 5.04. The van der Waals surface area contributed by atoms with Crippen LogP contribution in [0.15, 0.2) is 24.4 Å². The van der Waals surface area contributed by atoms with Gasteiger partial charge in [-0.3, -0.25) is 4.68 Å². The number of hydrogen-bond donors (Lipinski definition) is 2. The van der Waals surface area contributed by atoms with Crippen LogP contribution in [0.4, 0.5) is 5.69 Å². The minimum absolute atomic E-state index is 0.340. The molecule has 4 nitrogen and oxygen atoms in total. The third-order valence-corrected chi connectivity index (χ3v) is 3.40. The van der Waals surface area contributed by atoms with Crippen molar-refractivity contribution in [3.63, 3.8) is 0 Å². The number of nitrogens with one attached hydrogen (secondary N) is 1. The Bertz CT molecular complexity index is 583. The van der Waals surface area contributed by atoms with E-state index in [0.29, 0.717) is 22.2 Å². The van der Waals surface area contributed by atoms with Crippen molar-refractivity contribution in [1.29, 1.82) is 0 Å². The highest BCUT2D eigenvalue weighted by Crippen LogP contribution is 2.26. The number of benzene rings is 1. The van der Waals surface area contributed by atoms with Crippen molar-refractivity contribution in [2.45, 2.75) is 13.0 Å². The third kappa shape index (κ3) is 3.41. The summed E-state index contributed by atoms with van der Waals surface area (Å²) >= 11 is 11.9. The summed E-state index contributed by atoms with van der Waals surface area (Å²) in [5.74, 6) is 0. The standard InChI is InChI=1S/C13H15Cl2N3O/c1-8-12(7-18(2)17-8)16-6-13(19)10-5-9(14)3-4-11(10)15/h3-5,7,13,16,19H,6H2,1-2H3. The molecule has 1 aromatic heterocycles. The second-order valence-corrected chi connectivity index (χ2v) is 5.21. The van der Waals surface area contributed by atoms with Gasteiger partial charge in [-0.1, -0.05) is 23.2 Å². The molecule has 0 radical (unpaired) electrons. The van der Waals surface area contributed by atoms with E-state index in [1.165, 1.54) is 0 Å². The van der Waals surface area contributed by atoms with Crippen molar-refractivity contribution in [2.24, 2.45) is 7.05 Å². The Labute approximate surface area is 122 Å². The summed E-state index contributed by atoms with van der Waals surface area (Å²) in [6.45, 7) is 2.24. The van der Waals surface area contributed by atoms with Crippen LogP contribution < -0.4 is 5.32 Å². The number of aliphatic hydroxyl groups is 1. The molecule has 6 heteroatoms. The second kappa shape index (κ2) is 5.82. The van der Waals surface area contributed by atoms with Gasteiger partial charge in [0.2, 0.25) is 0 Å². The zero-order valence-corrected chi connectivity index (χ0v) is 12.2. The highest BCUT2D eigenvalue weighted by molar-refractivity contribution is 6.33. The molecule has 0 saturated heterocycles. The summed E-state index contributed by atoms with van der Waals surface area (Å²) in [6.07, 6.45) is 1.13. The normalized spacial score (nSPS) is 12.5. The van der Waals surface area contributed by atoms with Crippen LogP contribution in [-0.2, 0) is 7.05 Å². The average Bonchev–Trinajstić information content (AvgIpc) is 2.68. The van der Waals surface area contributed by atoms with Crippen LogP contribution in [0.1, 0.15) is 17.4 Å². The molecule has 1 unspecified atom stereocenters. The van der Waals surface area contributed by atoms with Gasteiger partial charge in [-0.2, -0.15) is 5.10 Å². The maximum Gasteiger partial charge on any atom is 0.0977 e. The topological polar surface area (TPSA) is 50.1 Å². The molecule has 0 amide bonds. The van der Waals surface area contributed by atoms with Crippen molar-refractivity contribution in [3.05, 3.63) is 45.7 Å². The van der Waals surface area contributed by atoms with Crippen molar-refractivity contribution in [2.75, 3.05) is 11.9 Å². The fraction of sp³-hybridized carbons (Fsp3) is 0.308. The molecule has 1 atom stereocenters. The molecular formula is C13H15Cl2N3O. The Hall–Kier alpha value is -1.23. The maximum absolute atomic E-state index is 10.2. The highest BCUT2D eigenvalue weighted by Gasteiger charge is 2.13. The molecule has 0 aliphatic rings. The minimum Gasteiger partial charge on any atom is -0.387 e. The zero-order chi connectivity index (χ0) is 14.0. The largest absolute Gasteiger partial charge is 0.387 e. The lowest BCUT2D eigenvalue weighted by Crippen LogP contribution is -2.12. The van der Waals surface area contributed by atoms with E-state index in [0.717, 1.165) is 11.4 Å². The molecule has 19 heavy (non-hydrogen) atoms. The van der Waals surface area contributed by atoms with Gasteiger partial charge in [0.25, 0.3) is 0 Å². The summed E-state index contributed by atoms with van der Waals surface area (Å²) in [7, 11) is 1.85. The first kappa shape index (κ1) is 14.2. The molecule has 2 aromatic rings. The number of hydrogen-bond acceptors (Lipinski definition) is 3. The molecule has 0 saturated carbocycles. The fourth-order valence-corrected chi connectivity index (χ4v) is 2.28. The van der Waals surface area contributed by atoms with Crippen LogP contribution >= 0.6 is 23.2 Å². The van der Waals surface area contributed by atoms with Crippen molar-refractivity contribution in [3.8, 4) is 0 Å². The van der Waals surface area contributed by atoms with E-state index in [-0.39, 0.29) is 0 Å². The number of nitrogens with zero attached hydrogens (tertiary/aromatic N) is 2. The van der Waals surface area contributed by atoms with E-state index >= 15 is 0 Å². The predicted octanol–water partition coefficient (Wildman–Crippen LogP) is 3.18. The monoisotopic (exact) mass is 299 g/mol. The first-order chi connectivity index (χ1) is 8.97. The molecular weight excluding hydrogens is 285 g/mol. The van der Waals surface area contributed by atoms with Gasteiger partial charge < -0.3 is 10.4 Å². The van der Waals surface area contributed by atoms with Gasteiger partial charge in [0.05, 0.1) is 17.5 Å². The smallest absolute Gasteiger partial charge is 0.0977 e. The van der Waals surface area contributed by atoms with Crippen molar-refractivity contribution in [1.82, 2.24) is 9.78 Å². The number of aryl methyl sites for hydroxylation is 2. The average molecular weight is 300 g/mol. The quantitative estimate of drug-likeness (QED) is 0.911. The lowest BCUT2D eigenvalue weighted by atomic mass is 10.1. The number of anilines is 1. The predicted molar refractivity (Wildman–Crippen MR) is 77.9 cm³/mol. The van der Waals surface area contributed by atoms with Gasteiger partial charge in [0.15, 0.2) is 0 Å². The van der Waals surface area contributed by atoms with E-state index < -0.39 is 6.10 Å². The van der Waals surface area contributed by atoms with Crippen LogP contribution in [0.2, 0.25) is 10.0 Å². The van der Waals surface area contributed by atoms with Crippen LogP contribution in [0.25, 0.3) is 0 Å². The zero-order valence-electron chi connectivity index (χ0n) is 10.7. The van der Waals surface area contributed by atoms with Crippen LogP contribution in [0, 0.1) is 6.92 Å². The molecule has 0 aliphatic carbocycles. The second-order valence-electron chi connectivity index (χ2n) is 4.36. The Morgan fingerprint density at radius 2 is 2.16 bits per heavy atom. The Morgan fingerprint density at radius 1 is 1.42 bits per heavy atom. The van der Waals surface area contributed by atoms with E-state index in [1.54, 1.807) is 22.9 Å². The Kier molecular flexibility index (Phi) is 4.34. The lowest BCUT2D eigenvalue weighted by molar-refractivity contribution is 0.191.